The zero-order valence-corrected chi connectivity index (χ0v) is 26.6. The Morgan fingerprint density at radius 3 is 1.47 bits per heavy atom. The van der Waals surface area contributed by atoms with Gasteiger partial charge in [0.15, 0.2) is 11.6 Å². The number of halogens is 5. The Bertz CT molecular complexity index is 2050. The molecule has 0 bridgehead atoms. The van der Waals surface area contributed by atoms with Crippen molar-refractivity contribution in [1.29, 1.82) is 0 Å². The molecule has 0 N–H and O–H groups in total. The number of aromatic nitrogens is 4. The van der Waals surface area contributed by atoms with Crippen LogP contribution in [0.4, 0.5) is 13.2 Å². The normalized spacial score (nSPS) is 12.3. The molecule has 8 nitrogen and oxygen atoms in total. The van der Waals surface area contributed by atoms with Crippen LogP contribution in [0.1, 0.15) is 59.8 Å². The van der Waals surface area contributed by atoms with Crippen LogP contribution in [-0.4, -0.2) is 19.4 Å². The molecule has 4 aromatic carbocycles. The highest BCUT2D eigenvalue weighted by Crippen LogP contribution is 2.25. The Morgan fingerprint density at radius 2 is 1.04 bits per heavy atom. The van der Waals surface area contributed by atoms with Gasteiger partial charge in [-0.3, -0.25) is 18.2 Å². The first-order chi connectivity index (χ1) is 22.5. The summed E-state index contributed by atoms with van der Waals surface area (Å²) in [6.07, 6.45) is 0.0806. The van der Waals surface area contributed by atoms with Crippen molar-refractivity contribution in [2.24, 2.45) is 0 Å². The van der Waals surface area contributed by atoms with Crippen LogP contribution in [0, 0.1) is 17.5 Å². The van der Waals surface area contributed by atoms with Gasteiger partial charge in [-0.15, -0.1) is 0 Å². The van der Waals surface area contributed by atoms with Crippen molar-refractivity contribution in [2.75, 3.05) is 0 Å². The van der Waals surface area contributed by atoms with Gasteiger partial charge in [-0.25, -0.2) is 22.8 Å². The summed E-state index contributed by atoms with van der Waals surface area (Å²) < 4.78 is 53.2. The van der Waals surface area contributed by atoms with Crippen molar-refractivity contribution >= 4 is 23.2 Å². The lowest BCUT2D eigenvalue weighted by Gasteiger charge is -2.14. The van der Waals surface area contributed by atoms with Gasteiger partial charge in [-0.2, -0.15) is 0 Å². The van der Waals surface area contributed by atoms with Crippen LogP contribution in [0.2, 0.25) is 10.0 Å². The molecule has 0 saturated carbocycles. The quantitative estimate of drug-likeness (QED) is 0.163. The van der Waals surface area contributed by atoms with E-state index >= 15 is 0 Å². The molecule has 0 saturated heterocycles. The van der Waals surface area contributed by atoms with E-state index in [0.29, 0.717) is 16.4 Å². The highest BCUT2D eigenvalue weighted by molar-refractivity contribution is 6.31. The fraction of sp³-hybridized carbons (Fsp3) is 0.176. The van der Waals surface area contributed by atoms with Gasteiger partial charge >= 0.3 is 11.5 Å². The van der Waals surface area contributed by atoms with E-state index in [4.69, 9.17) is 32.2 Å². The molecule has 6 rings (SSSR count). The highest BCUT2D eigenvalue weighted by Gasteiger charge is 2.22. The molecule has 242 valence electrons. The first-order valence-corrected chi connectivity index (χ1v) is 15.1. The molecule has 0 fully saturated rings. The third-order valence-corrected chi connectivity index (χ3v) is 8.32. The summed E-state index contributed by atoms with van der Waals surface area (Å²) in [5.41, 5.74) is 2.14. The number of hydrogen-bond donors (Lipinski definition) is 0. The maximum Gasteiger partial charge on any atom is 0.442 e. The summed E-state index contributed by atoms with van der Waals surface area (Å²) in [6, 6.07) is 23.3. The van der Waals surface area contributed by atoms with E-state index in [1.54, 1.807) is 31.2 Å². The molecular formula is C34H27Cl2F3N4O4. The summed E-state index contributed by atoms with van der Waals surface area (Å²) in [5, 5.41) is 8.06. The lowest BCUT2D eigenvalue weighted by Crippen LogP contribution is -2.22. The van der Waals surface area contributed by atoms with Crippen LogP contribution in [0.5, 0.6) is 0 Å². The SMILES string of the molecule is CC(c1ccc(F)cc1)n1c(Cc2c(F)cccc2Cl)noc1=O.CC(c1ccccc1)n1c(Cc2c(F)cccc2Cl)noc1=O. The molecule has 0 amide bonds. The Balaban J connectivity index is 0.000000185. The third kappa shape index (κ3) is 7.58. The second kappa shape index (κ2) is 14.7. The fourth-order valence-corrected chi connectivity index (χ4v) is 5.52. The lowest BCUT2D eigenvalue weighted by atomic mass is 10.1. The minimum absolute atomic E-state index is 0.00276. The standard InChI is InChI=1S/C17H13ClF2N2O2.C17H14ClFN2O2/c1-10(11-5-7-12(19)8-6-11)22-16(21-24-17(22)23)9-13-14(18)3-2-4-15(13)20;1-11(12-6-3-2-4-7-12)21-16(20-23-17(21)22)10-13-14(18)8-5-9-15(13)19/h2-8,10H,9H2,1H3;2-9,11H,10H2,1H3. The number of rotatable bonds is 8. The highest BCUT2D eigenvalue weighted by atomic mass is 35.5. The molecule has 13 heteroatoms. The summed E-state index contributed by atoms with van der Waals surface area (Å²) >= 11 is 12.1. The smallest absolute Gasteiger partial charge is 0.296 e. The maximum absolute atomic E-state index is 14.0. The fourth-order valence-electron chi connectivity index (χ4n) is 5.06. The average molecular weight is 684 g/mol. The van der Waals surface area contributed by atoms with Crippen molar-refractivity contribution in [3.05, 3.63) is 173 Å². The maximum atomic E-state index is 14.0. The molecular weight excluding hydrogens is 656 g/mol. The van der Waals surface area contributed by atoms with E-state index in [2.05, 4.69) is 10.3 Å². The van der Waals surface area contributed by atoms with E-state index in [1.165, 1.54) is 45.5 Å². The summed E-state index contributed by atoms with van der Waals surface area (Å²) in [5.74, 6) is -1.98. The predicted molar refractivity (Wildman–Crippen MR) is 170 cm³/mol. The molecule has 2 heterocycles. The third-order valence-electron chi connectivity index (χ3n) is 7.61. The first-order valence-electron chi connectivity index (χ1n) is 14.4. The topological polar surface area (TPSA) is 96.1 Å². The van der Waals surface area contributed by atoms with Crippen LogP contribution < -0.4 is 11.5 Å². The summed E-state index contributed by atoms with van der Waals surface area (Å²) in [4.78, 5) is 24.0. The second-order valence-corrected chi connectivity index (χ2v) is 11.4. The van der Waals surface area contributed by atoms with Gasteiger partial charge < -0.3 is 0 Å². The number of hydrogen-bond acceptors (Lipinski definition) is 6. The van der Waals surface area contributed by atoms with Gasteiger partial charge in [-0.05, 0) is 61.4 Å². The van der Waals surface area contributed by atoms with Crippen LogP contribution in [0.15, 0.2) is 110 Å². The Kier molecular flexibility index (Phi) is 10.5. The molecule has 2 atom stereocenters. The molecule has 0 aliphatic rings. The second-order valence-electron chi connectivity index (χ2n) is 10.5. The van der Waals surface area contributed by atoms with E-state index in [0.717, 1.165) is 5.56 Å². The molecule has 2 aromatic heterocycles. The summed E-state index contributed by atoms with van der Waals surface area (Å²) in [6.45, 7) is 3.61. The predicted octanol–water partition coefficient (Wildman–Crippen LogP) is 7.80. The number of nitrogens with zero attached hydrogens (tertiary/aromatic N) is 4. The van der Waals surface area contributed by atoms with Gasteiger partial charge in [0.05, 0.1) is 12.1 Å². The van der Waals surface area contributed by atoms with Gasteiger partial charge in [0.1, 0.15) is 17.5 Å². The van der Waals surface area contributed by atoms with Crippen molar-refractivity contribution in [2.45, 2.75) is 38.8 Å². The largest absolute Gasteiger partial charge is 0.442 e. The van der Waals surface area contributed by atoms with Crippen LogP contribution in [0.25, 0.3) is 0 Å². The Labute approximate surface area is 276 Å². The van der Waals surface area contributed by atoms with Gasteiger partial charge in [0.25, 0.3) is 0 Å². The minimum atomic E-state index is -0.672. The molecule has 6 aromatic rings. The molecule has 0 radical (unpaired) electrons. The molecule has 47 heavy (non-hydrogen) atoms. The summed E-state index contributed by atoms with van der Waals surface area (Å²) in [7, 11) is 0. The zero-order valence-electron chi connectivity index (χ0n) is 25.0. The van der Waals surface area contributed by atoms with Crippen molar-refractivity contribution in [1.82, 2.24) is 19.4 Å². The molecule has 0 aliphatic heterocycles. The first kappa shape index (κ1) is 33.5. The lowest BCUT2D eigenvalue weighted by molar-refractivity contribution is 0.370. The Morgan fingerprint density at radius 1 is 0.617 bits per heavy atom. The van der Waals surface area contributed by atoms with Crippen molar-refractivity contribution in [3.63, 3.8) is 0 Å². The van der Waals surface area contributed by atoms with Crippen LogP contribution in [-0.2, 0) is 12.8 Å². The van der Waals surface area contributed by atoms with E-state index < -0.39 is 29.2 Å². The van der Waals surface area contributed by atoms with E-state index in [9.17, 15) is 22.8 Å². The van der Waals surface area contributed by atoms with Gasteiger partial charge in [0, 0.05) is 34.0 Å². The molecule has 0 spiro atoms. The van der Waals surface area contributed by atoms with Crippen molar-refractivity contribution in [3.8, 4) is 0 Å². The minimum Gasteiger partial charge on any atom is -0.296 e. The number of benzene rings is 4. The monoisotopic (exact) mass is 682 g/mol. The van der Waals surface area contributed by atoms with Crippen molar-refractivity contribution < 1.29 is 22.2 Å². The van der Waals surface area contributed by atoms with Crippen LogP contribution >= 0.6 is 23.2 Å². The molecule has 2 unspecified atom stereocenters. The van der Waals surface area contributed by atoms with E-state index in [-0.39, 0.29) is 46.7 Å². The Hall–Kier alpha value is -4.87. The van der Waals surface area contributed by atoms with Gasteiger partial charge in [0.2, 0.25) is 0 Å². The van der Waals surface area contributed by atoms with Crippen LogP contribution in [0.3, 0.4) is 0 Å². The van der Waals surface area contributed by atoms with Gasteiger partial charge in [-0.1, -0.05) is 88.1 Å². The zero-order chi connectivity index (χ0) is 33.7. The average Bonchev–Trinajstić information content (AvgIpc) is 3.62. The van der Waals surface area contributed by atoms with E-state index in [1.807, 2.05) is 37.3 Å². The molecule has 0 aliphatic carbocycles.